The monoisotopic (exact) mass is 247 g/mol. The lowest BCUT2D eigenvalue weighted by Gasteiger charge is -2.20. The number of carbonyl (C=O) groups is 1. The number of rotatable bonds is 5. The molecule has 0 saturated heterocycles. The highest BCUT2D eigenvalue weighted by Gasteiger charge is 2.30. The van der Waals surface area contributed by atoms with Gasteiger partial charge in [-0.3, -0.25) is 10.1 Å². The Hall–Kier alpha value is -1.39. The van der Waals surface area contributed by atoms with Crippen LogP contribution in [0.25, 0.3) is 0 Å². The highest BCUT2D eigenvalue weighted by molar-refractivity contribution is 6.02. The maximum Gasteiger partial charge on any atom is 0.246 e. The molecule has 2 N–H and O–H groups in total. The van der Waals surface area contributed by atoms with E-state index >= 15 is 0 Å². The van der Waals surface area contributed by atoms with E-state index in [1.807, 2.05) is 24.3 Å². The molecular formula is C14H21N3O. The molecule has 1 aliphatic rings. The van der Waals surface area contributed by atoms with E-state index in [0.717, 1.165) is 24.2 Å². The summed E-state index contributed by atoms with van der Waals surface area (Å²) in [6.45, 7) is 3.14. The number of fused-ring (bicyclic) bond motifs is 1. The third kappa shape index (κ3) is 2.89. The fraction of sp³-hybridized carbons (Fsp3) is 0.500. The number of anilines is 1. The van der Waals surface area contributed by atoms with Gasteiger partial charge in [0.05, 0.1) is 0 Å². The minimum absolute atomic E-state index is 0.0490. The van der Waals surface area contributed by atoms with Gasteiger partial charge >= 0.3 is 0 Å². The lowest BCUT2D eigenvalue weighted by Crippen LogP contribution is -2.36. The Morgan fingerprint density at radius 2 is 2.11 bits per heavy atom. The number of hydrogen-bond donors (Lipinski definition) is 2. The largest absolute Gasteiger partial charge is 0.324 e. The second kappa shape index (κ2) is 5.50. The second-order valence-corrected chi connectivity index (χ2v) is 5.17. The number of para-hydroxylation sites is 1. The average molecular weight is 247 g/mol. The van der Waals surface area contributed by atoms with Crippen molar-refractivity contribution in [1.82, 2.24) is 10.2 Å². The third-order valence-electron chi connectivity index (χ3n) is 3.25. The topological polar surface area (TPSA) is 44.4 Å². The van der Waals surface area contributed by atoms with Crippen molar-refractivity contribution in [2.75, 3.05) is 26.0 Å². The molecule has 2 rings (SSSR count). The zero-order valence-corrected chi connectivity index (χ0v) is 11.2. The molecule has 18 heavy (non-hydrogen) atoms. The molecule has 1 aromatic carbocycles. The van der Waals surface area contributed by atoms with E-state index in [4.69, 9.17) is 0 Å². The fourth-order valence-electron chi connectivity index (χ4n) is 2.19. The lowest BCUT2D eigenvalue weighted by atomic mass is 10.1. The van der Waals surface area contributed by atoms with Crippen LogP contribution in [0.1, 0.15) is 24.9 Å². The van der Waals surface area contributed by atoms with Crippen LogP contribution in [-0.4, -0.2) is 37.5 Å². The number of benzene rings is 1. The minimum Gasteiger partial charge on any atom is -0.324 e. The smallest absolute Gasteiger partial charge is 0.246 e. The number of nitrogens with one attached hydrogen (secondary N) is 2. The summed E-state index contributed by atoms with van der Waals surface area (Å²) in [6, 6.07) is 7.96. The van der Waals surface area contributed by atoms with Gasteiger partial charge in [-0.2, -0.15) is 0 Å². The van der Waals surface area contributed by atoms with Gasteiger partial charge in [-0.1, -0.05) is 18.2 Å². The fourth-order valence-corrected chi connectivity index (χ4v) is 2.19. The van der Waals surface area contributed by atoms with Gasteiger partial charge in [0.2, 0.25) is 5.91 Å². The van der Waals surface area contributed by atoms with Crippen molar-refractivity contribution in [2.24, 2.45) is 0 Å². The van der Waals surface area contributed by atoms with Crippen molar-refractivity contribution in [1.29, 1.82) is 0 Å². The summed E-state index contributed by atoms with van der Waals surface area (Å²) >= 11 is 0. The van der Waals surface area contributed by atoms with Crippen LogP contribution in [0.15, 0.2) is 24.3 Å². The molecule has 0 radical (unpaired) electrons. The van der Waals surface area contributed by atoms with E-state index < -0.39 is 0 Å². The summed E-state index contributed by atoms with van der Waals surface area (Å²) in [5.41, 5.74) is 1.99. The van der Waals surface area contributed by atoms with Crippen LogP contribution in [0, 0.1) is 0 Å². The molecule has 0 bridgehead atoms. The van der Waals surface area contributed by atoms with Crippen molar-refractivity contribution < 1.29 is 4.79 Å². The van der Waals surface area contributed by atoms with Gasteiger partial charge in [0, 0.05) is 17.3 Å². The molecule has 4 nitrogen and oxygen atoms in total. The Bertz CT molecular complexity index is 431. The Balaban J connectivity index is 1.99. The molecule has 2 unspecified atom stereocenters. The van der Waals surface area contributed by atoms with Crippen LogP contribution < -0.4 is 10.6 Å². The molecule has 1 heterocycles. The van der Waals surface area contributed by atoms with Crippen LogP contribution in [0.4, 0.5) is 5.69 Å². The van der Waals surface area contributed by atoms with Gasteiger partial charge in [0.15, 0.2) is 0 Å². The standard InChI is InChI=1S/C14H21N3O/c1-10(8-9-17(2)3)15-13-11-6-4-5-7-12(11)16-14(13)18/h4-7,10,13,15H,8-9H2,1-3H3,(H,16,18). The molecule has 4 heteroatoms. The third-order valence-corrected chi connectivity index (χ3v) is 3.25. The van der Waals surface area contributed by atoms with Gasteiger partial charge in [-0.05, 0) is 40.1 Å². The van der Waals surface area contributed by atoms with Crippen LogP contribution in [0.5, 0.6) is 0 Å². The van der Waals surface area contributed by atoms with Crippen molar-refractivity contribution in [3.8, 4) is 0 Å². The number of amides is 1. The van der Waals surface area contributed by atoms with Crippen molar-refractivity contribution in [2.45, 2.75) is 25.4 Å². The Morgan fingerprint density at radius 1 is 1.39 bits per heavy atom. The van der Waals surface area contributed by atoms with Crippen LogP contribution in [0.2, 0.25) is 0 Å². The van der Waals surface area contributed by atoms with Crippen molar-refractivity contribution in [3.05, 3.63) is 29.8 Å². The molecule has 1 aromatic rings. The number of carbonyl (C=O) groups excluding carboxylic acids is 1. The molecule has 0 fully saturated rings. The summed E-state index contributed by atoms with van der Waals surface area (Å²) in [6.07, 6.45) is 1.03. The first-order chi connectivity index (χ1) is 8.58. The first kappa shape index (κ1) is 13.1. The predicted octanol–water partition coefficient (Wildman–Crippen LogP) is 1.61. The molecule has 1 amide bonds. The lowest BCUT2D eigenvalue weighted by molar-refractivity contribution is -0.117. The summed E-state index contributed by atoms with van der Waals surface area (Å²) < 4.78 is 0. The summed E-state index contributed by atoms with van der Waals surface area (Å²) in [5.74, 6) is 0.0490. The summed E-state index contributed by atoms with van der Waals surface area (Å²) in [4.78, 5) is 14.1. The van der Waals surface area contributed by atoms with E-state index in [2.05, 4.69) is 36.6 Å². The second-order valence-electron chi connectivity index (χ2n) is 5.17. The van der Waals surface area contributed by atoms with Gasteiger partial charge in [-0.25, -0.2) is 0 Å². The molecule has 98 valence electrons. The summed E-state index contributed by atoms with van der Waals surface area (Å²) in [7, 11) is 4.12. The van der Waals surface area contributed by atoms with E-state index in [1.54, 1.807) is 0 Å². The van der Waals surface area contributed by atoms with Gasteiger partial charge in [0.1, 0.15) is 6.04 Å². The highest BCUT2D eigenvalue weighted by Crippen LogP contribution is 2.30. The maximum absolute atomic E-state index is 11.9. The van der Waals surface area contributed by atoms with E-state index in [9.17, 15) is 4.79 Å². The Morgan fingerprint density at radius 3 is 2.83 bits per heavy atom. The molecule has 0 aromatic heterocycles. The normalized spacial score (nSPS) is 19.8. The minimum atomic E-state index is -0.210. The predicted molar refractivity (Wildman–Crippen MR) is 73.6 cm³/mol. The molecular weight excluding hydrogens is 226 g/mol. The highest BCUT2D eigenvalue weighted by atomic mass is 16.2. The molecule has 0 saturated carbocycles. The first-order valence-corrected chi connectivity index (χ1v) is 6.38. The van der Waals surface area contributed by atoms with Gasteiger partial charge < -0.3 is 10.2 Å². The summed E-state index contributed by atoms with van der Waals surface area (Å²) in [5, 5.41) is 6.31. The molecule has 1 aliphatic heterocycles. The number of hydrogen-bond acceptors (Lipinski definition) is 3. The molecule has 0 aliphatic carbocycles. The van der Waals surface area contributed by atoms with Gasteiger partial charge in [0.25, 0.3) is 0 Å². The van der Waals surface area contributed by atoms with E-state index in [-0.39, 0.29) is 11.9 Å². The maximum atomic E-state index is 11.9. The van der Waals surface area contributed by atoms with Crippen LogP contribution >= 0.6 is 0 Å². The van der Waals surface area contributed by atoms with Crippen LogP contribution in [-0.2, 0) is 4.79 Å². The molecule has 2 atom stereocenters. The number of nitrogens with zero attached hydrogens (tertiary/aromatic N) is 1. The van der Waals surface area contributed by atoms with E-state index in [0.29, 0.717) is 6.04 Å². The SMILES string of the molecule is CC(CCN(C)C)NC1C(=O)Nc2ccccc21. The van der Waals surface area contributed by atoms with Crippen molar-refractivity contribution in [3.63, 3.8) is 0 Å². The first-order valence-electron chi connectivity index (χ1n) is 6.38. The van der Waals surface area contributed by atoms with Gasteiger partial charge in [-0.15, -0.1) is 0 Å². The van der Waals surface area contributed by atoms with Crippen LogP contribution in [0.3, 0.4) is 0 Å². The average Bonchev–Trinajstić information content (AvgIpc) is 2.64. The molecule has 0 spiro atoms. The van der Waals surface area contributed by atoms with Crippen molar-refractivity contribution >= 4 is 11.6 Å². The zero-order valence-electron chi connectivity index (χ0n) is 11.2. The Kier molecular flexibility index (Phi) is 3.99. The Labute approximate surface area is 108 Å². The zero-order chi connectivity index (χ0) is 13.1. The van der Waals surface area contributed by atoms with E-state index in [1.165, 1.54) is 0 Å². The quantitative estimate of drug-likeness (QED) is 0.831.